The first-order chi connectivity index (χ1) is 6.88. The zero-order valence-electron chi connectivity index (χ0n) is 8.79. The summed E-state index contributed by atoms with van der Waals surface area (Å²) in [6, 6.07) is 0.725. The lowest BCUT2D eigenvalue weighted by Crippen LogP contribution is -2.25. The van der Waals surface area contributed by atoms with Gasteiger partial charge in [0.25, 0.3) is 0 Å². The Morgan fingerprint density at radius 3 is 3.14 bits per heavy atom. The van der Waals surface area contributed by atoms with Crippen LogP contribution in [0.4, 0.5) is 0 Å². The Bertz CT molecular complexity index is 256. The van der Waals surface area contributed by atoms with E-state index >= 15 is 0 Å². The van der Waals surface area contributed by atoms with E-state index < -0.39 is 0 Å². The largest absolute Gasteiger partial charge is 0.347 e. The number of aromatic nitrogens is 2. The molecule has 2 N–H and O–H groups in total. The molecule has 0 saturated heterocycles. The molecule has 0 bridgehead atoms. The van der Waals surface area contributed by atoms with Gasteiger partial charge < -0.3 is 10.3 Å². The van der Waals surface area contributed by atoms with Gasteiger partial charge in [-0.3, -0.25) is 0 Å². The number of hydrogen-bond acceptors (Lipinski definition) is 2. The van der Waals surface area contributed by atoms with Crippen LogP contribution in [0.25, 0.3) is 0 Å². The summed E-state index contributed by atoms with van der Waals surface area (Å²) in [4.78, 5) is 7.12. The van der Waals surface area contributed by atoms with Crippen LogP contribution in [0.1, 0.15) is 38.3 Å². The van der Waals surface area contributed by atoms with Crippen molar-refractivity contribution in [2.24, 2.45) is 5.92 Å². The van der Waals surface area contributed by atoms with E-state index in [-0.39, 0.29) is 0 Å². The summed E-state index contributed by atoms with van der Waals surface area (Å²) in [5.74, 6) is 0.953. The molecule has 1 saturated carbocycles. The highest BCUT2D eigenvalue weighted by molar-refractivity contribution is 4.94. The molecule has 78 valence electrons. The highest BCUT2D eigenvalue weighted by Crippen LogP contribution is 2.27. The highest BCUT2D eigenvalue weighted by atomic mass is 15.0. The predicted octanol–water partition coefficient (Wildman–Crippen LogP) is 2.08. The fourth-order valence-electron chi connectivity index (χ4n) is 2.27. The Morgan fingerprint density at radius 1 is 1.57 bits per heavy atom. The Kier molecular flexibility index (Phi) is 3.19. The van der Waals surface area contributed by atoms with Crippen molar-refractivity contribution in [2.45, 2.75) is 45.2 Å². The predicted molar refractivity (Wildman–Crippen MR) is 56.8 cm³/mol. The van der Waals surface area contributed by atoms with Crippen LogP contribution in [-0.4, -0.2) is 16.0 Å². The van der Waals surface area contributed by atoms with Crippen LogP contribution in [0.15, 0.2) is 12.5 Å². The van der Waals surface area contributed by atoms with Gasteiger partial charge in [-0.2, -0.15) is 0 Å². The summed E-state index contributed by atoms with van der Waals surface area (Å²) in [5, 5.41) is 3.58. The van der Waals surface area contributed by atoms with Crippen molar-refractivity contribution < 1.29 is 0 Å². The zero-order chi connectivity index (χ0) is 9.80. The van der Waals surface area contributed by atoms with Crippen molar-refractivity contribution in [2.75, 3.05) is 0 Å². The average molecular weight is 193 g/mol. The van der Waals surface area contributed by atoms with Crippen molar-refractivity contribution in [1.29, 1.82) is 0 Å². The van der Waals surface area contributed by atoms with Crippen molar-refractivity contribution in [3.8, 4) is 0 Å². The molecular weight excluding hydrogens is 174 g/mol. The first kappa shape index (κ1) is 9.71. The number of aromatic amines is 1. The minimum absolute atomic E-state index is 0.725. The van der Waals surface area contributed by atoms with Gasteiger partial charge in [0.05, 0.1) is 6.33 Å². The maximum atomic E-state index is 4.00. The second-order valence-electron chi connectivity index (χ2n) is 4.24. The maximum Gasteiger partial charge on any atom is 0.0922 e. The molecule has 3 nitrogen and oxygen atoms in total. The molecule has 2 rings (SSSR count). The monoisotopic (exact) mass is 193 g/mol. The van der Waals surface area contributed by atoms with E-state index in [4.69, 9.17) is 0 Å². The van der Waals surface area contributed by atoms with Crippen LogP contribution in [0.3, 0.4) is 0 Å². The van der Waals surface area contributed by atoms with E-state index in [1.807, 2.05) is 6.20 Å². The molecule has 1 aliphatic carbocycles. The van der Waals surface area contributed by atoms with Gasteiger partial charge in [0.15, 0.2) is 0 Å². The third kappa shape index (κ3) is 2.35. The van der Waals surface area contributed by atoms with Crippen molar-refractivity contribution >= 4 is 0 Å². The van der Waals surface area contributed by atoms with Gasteiger partial charge in [0.2, 0.25) is 0 Å². The lowest BCUT2D eigenvalue weighted by Gasteiger charge is -2.11. The average Bonchev–Trinajstić information content (AvgIpc) is 2.86. The molecular formula is C11H19N3. The Labute approximate surface area is 85.3 Å². The SMILES string of the molecule is CCC1CCC(NCc2cnc[nH]2)C1. The standard InChI is InChI=1S/C11H19N3/c1-2-9-3-4-10(5-9)13-7-11-6-12-8-14-11/h6,8-10,13H,2-5,7H2,1H3,(H,12,14). The normalized spacial score (nSPS) is 26.9. The highest BCUT2D eigenvalue weighted by Gasteiger charge is 2.22. The van der Waals surface area contributed by atoms with Crippen molar-refractivity contribution in [1.82, 2.24) is 15.3 Å². The van der Waals surface area contributed by atoms with Crippen molar-refractivity contribution in [3.05, 3.63) is 18.2 Å². The van der Waals surface area contributed by atoms with Crippen molar-refractivity contribution in [3.63, 3.8) is 0 Å². The lowest BCUT2D eigenvalue weighted by molar-refractivity contribution is 0.475. The second kappa shape index (κ2) is 4.60. The summed E-state index contributed by atoms with van der Waals surface area (Å²) in [7, 11) is 0. The molecule has 3 heteroatoms. The van der Waals surface area contributed by atoms with E-state index in [1.165, 1.54) is 31.4 Å². The van der Waals surface area contributed by atoms with Gasteiger partial charge in [-0.15, -0.1) is 0 Å². The van der Waals surface area contributed by atoms with Gasteiger partial charge >= 0.3 is 0 Å². The third-order valence-corrected chi connectivity index (χ3v) is 3.25. The molecule has 0 aliphatic heterocycles. The minimum Gasteiger partial charge on any atom is -0.347 e. The van der Waals surface area contributed by atoms with Crippen LogP contribution in [-0.2, 0) is 6.54 Å². The smallest absolute Gasteiger partial charge is 0.0922 e. The molecule has 0 spiro atoms. The topological polar surface area (TPSA) is 40.7 Å². The molecule has 0 amide bonds. The second-order valence-corrected chi connectivity index (χ2v) is 4.24. The van der Waals surface area contributed by atoms with E-state index in [0.29, 0.717) is 0 Å². The molecule has 1 aromatic heterocycles. The molecule has 14 heavy (non-hydrogen) atoms. The number of nitrogens with zero attached hydrogens (tertiary/aromatic N) is 1. The Balaban J connectivity index is 1.72. The van der Waals surface area contributed by atoms with E-state index in [1.54, 1.807) is 6.33 Å². The number of H-pyrrole nitrogens is 1. The fraction of sp³-hybridized carbons (Fsp3) is 0.727. The van der Waals surface area contributed by atoms with Gasteiger partial charge in [-0.1, -0.05) is 13.3 Å². The van der Waals surface area contributed by atoms with Gasteiger partial charge in [0, 0.05) is 24.5 Å². The maximum absolute atomic E-state index is 4.00. The number of hydrogen-bond donors (Lipinski definition) is 2. The Morgan fingerprint density at radius 2 is 2.50 bits per heavy atom. The van der Waals surface area contributed by atoms with Crippen LogP contribution >= 0.6 is 0 Å². The summed E-state index contributed by atoms with van der Waals surface area (Å²) >= 11 is 0. The van der Waals surface area contributed by atoms with Gasteiger partial charge in [-0.25, -0.2) is 4.98 Å². The quantitative estimate of drug-likeness (QED) is 0.768. The zero-order valence-corrected chi connectivity index (χ0v) is 8.79. The first-order valence-corrected chi connectivity index (χ1v) is 5.59. The molecule has 0 aromatic carbocycles. The van der Waals surface area contributed by atoms with E-state index in [9.17, 15) is 0 Å². The van der Waals surface area contributed by atoms with E-state index in [2.05, 4.69) is 22.2 Å². The molecule has 1 aromatic rings. The Hall–Kier alpha value is -0.830. The summed E-state index contributed by atoms with van der Waals surface area (Å²) < 4.78 is 0. The number of nitrogens with one attached hydrogen (secondary N) is 2. The van der Waals surface area contributed by atoms with Crippen LogP contribution in [0, 0.1) is 5.92 Å². The van der Waals surface area contributed by atoms with Gasteiger partial charge in [-0.05, 0) is 25.2 Å². The van der Waals surface area contributed by atoms with Crippen LogP contribution < -0.4 is 5.32 Å². The van der Waals surface area contributed by atoms with E-state index in [0.717, 1.165) is 18.5 Å². The molecule has 1 heterocycles. The molecule has 1 fully saturated rings. The number of rotatable bonds is 4. The van der Waals surface area contributed by atoms with Crippen LogP contribution in [0.2, 0.25) is 0 Å². The molecule has 2 unspecified atom stereocenters. The lowest BCUT2D eigenvalue weighted by atomic mass is 10.1. The summed E-state index contributed by atoms with van der Waals surface area (Å²) in [6.45, 7) is 3.23. The summed E-state index contributed by atoms with van der Waals surface area (Å²) in [6.07, 6.45) is 9.05. The third-order valence-electron chi connectivity index (χ3n) is 3.25. The molecule has 2 atom stereocenters. The summed E-state index contributed by atoms with van der Waals surface area (Å²) in [5.41, 5.74) is 1.19. The number of imidazole rings is 1. The van der Waals surface area contributed by atoms with Gasteiger partial charge in [0.1, 0.15) is 0 Å². The molecule has 0 radical (unpaired) electrons. The molecule has 1 aliphatic rings. The first-order valence-electron chi connectivity index (χ1n) is 5.59. The minimum atomic E-state index is 0.725. The van der Waals surface area contributed by atoms with Crippen LogP contribution in [0.5, 0.6) is 0 Å². The fourth-order valence-corrected chi connectivity index (χ4v) is 2.27.